The molecule has 0 atom stereocenters. The van der Waals surface area contributed by atoms with Crippen molar-refractivity contribution in [3.63, 3.8) is 0 Å². The first kappa shape index (κ1) is 13.4. The molecule has 0 spiro atoms. The van der Waals surface area contributed by atoms with Crippen molar-refractivity contribution in [2.45, 2.75) is 0 Å². The summed E-state index contributed by atoms with van der Waals surface area (Å²) < 4.78 is 18.5. The highest BCUT2D eigenvalue weighted by Gasteiger charge is 2.11. The monoisotopic (exact) mass is 322 g/mol. The second-order valence-electron chi connectivity index (χ2n) is 3.70. The minimum absolute atomic E-state index is 0.160. The van der Waals surface area contributed by atoms with Gasteiger partial charge >= 0.3 is 5.97 Å². The van der Waals surface area contributed by atoms with Gasteiger partial charge in [-0.15, -0.1) is 0 Å². The zero-order valence-electron chi connectivity index (χ0n) is 9.60. The molecule has 2 aromatic carbocycles. The highest BCUT2D eigenvalue weighted by Crippen LogP contribution is 2.22. The molecular weight excluding hydrogens is 315 g/mol. The van der Waals surface area contributed by atoms with E-state index in [9.17, 15) is 14.0 Å². The van der Waals surface area contributed by atoms with Crippen molar-refractivity contribution in [1.29, 1.82) is 0 Å². The van der Waals surface area contributed by atoms with Gasteiger partial charge in [0.15, 0.2) is 6.29 Å². The molecule has 2 rings (SSSR count). The molecule has 0 saturated heterocycles. The quantitative estimate of drug-likeness (QED) is 0.492. The number of ether oxygens (including phenoxy) is 1. The predicted octanol–water partition coefficient (Wildman–Crippen LogP) is 3.62. The summed E-state index contributed by atoms with van der Waals surface area (Å²) in [5.74, 6) is -0.924. The van der Waals surface area contributed by atoms with Gasteiger partial charge < -0.3 is 4.74 Å². The molecule has 0 unspecified atom stereocenters. The number of carbonyl (C=O) groups is 2. The highest BCUT2D eigenvalue weighted by molar-refractivity contribution is 9.10. The van der Waals surface area contributed by atoms with Crippen molar-refractivity contribution in [2.24, 2.45) is 0 Å². The van der Waals surface area contributed by atoms with Gasteiger partial charge in [-0.1, -0.05) is 15.9 Å². The topological polar surface area (TPSA) is 43.4 Å². The molecule has 0 fully saturated rings. The van der Waals surface area contributed by atoms with Crippen molar-refractivity contribution in [1.82, 2.24) is 0 Å². The third kappa shape index (κ3) is 3.26. The molecule has 0 amide bonds. The second kappa shape index (κ2) is 5.75. The number of hydrogen-bond donors (Lipinski definition) is 0. The molecule has 0 N–H and O–H groups in total. The Balaban J connectivity index is 2.23. The zero-order chi connectivity index (χ0) is 13.8. The number of carbonyl (C=O) groups excluding carboxylic acids is 2. The molecule has 0 heterocycles. The minimum Gasteiger partial charge on any atom is -0.422 e. The normalized spacial score (nSPS) is 10.0. The zero-order valence-corrected chi connectivity index (χ0v) is 11.2. The standard InChI is InChI=1S/C14H8BrFO3/c15-11-3-6-13(10(7-11)8-17)19-14(18)9-1-4-12(16)5-2-9/h1-8H. The Morgan fingerprint density at radius 2 is 1.84 bits per heavy atom. The molecular formula is C14H8BrFO3. The van der Waals surface area contributed by atoms with E-state index in [1.165, 1.54) is 30.3 Å². The van der Waals surface area contributed by atoms with Crippen LogP contribution >= 0.6 is 15.9 Å². The lowest BCUT2D eigenvalue weighted by molar-refractivity contribution is 0.0733. The largest absolute Gasteiger partial charge is 0.422 e. The highest BCUT2D eigenvalue weighted by atomic mass is 79.9. The second-order valence-corrected chi connectivity index (χ2v) is 4.61. The lowest BCUT2D eigenvalue weighted by Crippen LogP contribution is -2.09. The van der Waals surface area contributed by atoms with Crippen LogP contribution in [0.25, 0.3) is 0 Å². The summed E-state index contributed by atoms with van der Waals surface area (Å²) in [6.45, 7) is 0. The SMILES string of the molecule is O=Cc1cc(Br)ccc1OC(=O)c1ccc(F)cc1. The van der Waals surface area contributed by atoms with E-state index in [-0.39, 0.29) is 16.9 Å². The van der Waals surface area contributed by atoms with Crippen LogP contribution in [0.15, 0.2) is 46.9 Å². The van der Waals surface area contributed by atoms with Gasteiger partial charge in [0, 0.05) is 4.47 Å². The van der Waals surface area contributed by atoms with Crippen LogP contribution in [0.2, 0.25) is 0 Å². The Morgan fingerprint density at radius 1 is 1.16 bits per heavy atom. The smallest absolute Gasteiger partial charge is 0.343 e. The molecule has 96 valence electrons. The van der Waals surface area contributed by atoms with E-state index in [4.69, 9.17) is 4.74 Å². The van der Waals surface area contributed by atoms with Gasteiger partial charge in [0.1, 0.15) is 11.6 Å². The van der Waals surface area contributed by atoms with E-state index in [1.54, 1.807) is 12.1 Å². The van der Waals surface area contributed by atoms with E-state index >= 15 is 0 Å². The summed E-state index contributed by atoms with van der Waals surface area (Å²) in [7, 11) is 0. The third-order valence-corrected chi connectivity index (χ3v) is 2.87. The van der Waals surface area contributed by atoms with Gasteiger partial charge in [-0.3, -0.25) is 4.79 Å². The Bertz CT molecular complexity index is 623. The van der Waals surface area contributed by atoms with E-state index in [2.05, 4.69) is 15.9 Å². The molecule has 0 bridgehead atoms. The summed E-state index contributed by atoms with van der Waals surface area (Å²) in [6, 6.07) is 9.67. The van der Waals surface area contributed by atoms with Gasteiger partial charge in [0.2, 0.25) is 0 Å². The van der Waals surface area contributed by atoms with Crippen LogP contribution in [0.5, 0.6) is 5.75 Å². The van der Waals surface area contributed by atoms with Crippen LogP contribution in [-0.4, -0.2) is 12.3 Å². The lowest BCUT2D eigenvalue weighted by atomic mass is 10.2. The maximum absolute atomic E-state index is 12.7. The number of esters is 1. The number of halogens is 2. The van der Waals surface area contributed by atoms with Crippen LogP contribution in [0.3, 0.4) is 0 Å². The molecule has 0 aromatic heterocycles. The van der Waals surface area contributed by atoms with Gasteiger partial charge in [-0.25, -0.2) is 9.18 Å². The minimum atomic E-state index is -0.648. The Morgan fingerprint density at radius 3 is 2.47 bits per heavy atom. The first-order valence-electron chi connectivity index (χ1n) is 5.32. The number of benzene rings is 2. The maximum Gasteiger partial charge on any atom is 0.343 e. The average Bonchev–Trinajstić information content (AvgIpc) is 2.41. The first-order valence-corrected chi connectivity index (χ1v) is 6.12. The van der Waals surface area contributed by atoms with Crippen molar-refractivity contribution >= 4 is 28.2 Å². The van der Waals surface area contributed by atoms with Gasteiger partial charge in [0.05, 0.1) is 11.1 Å². The molecule has 2 aromatic rings. The molecule has 0 saturated carbocycles. The van der Waals surface area contributed by atoms with Gasteiger partial charge in [-0.05, 0) is 42.5 Å². The molecule has 3 nitrogen and oxygen atoms in total. The van der Waals surface area contributed by atoms with Crippen molar-refractivity contribution in [2.75, 3.05) is 0 Å². The van der Waals surface area contributed by atoms with E-state index in [0.717, 1.165) is 0 Å². The molecule has 0 aliphatic rings. The van der Waals surface area contributed by atoms with Crippen LogP contribution in [-0.2, 0) is 0 Å². The molecule has 19 heavy (non-hydrogen) atoms. The Kier molecular flexibility index (Phi) is 4.06. The first-order chi connectivity index (χ1) is 9.10. The summed E-state index contributed by atoms with van der Waals surface area (Å²) in [5, 5.41) is 0. The molecule has 5 heteroatoms. The van der Waals surface area contributed by atoms with Gasteiger partial charge in [0.25, 0.3) is 0 Å². The maximum atomic E-state index is 12.7. The van der Waals surface area contributed by atoms with Crippen molar-refractivity contribution in [3.8, 4) is 5.75 Å². The van der Waals surface area contributed by atoms with Gasteiger partial charge in [-0.2, -0.15) is 0 Å². The van der Waals surface area contributed by atoms with Crippen LogP contribution in [0.1, 0.15) is 20.7 Å². The van der Waals surface area contributed by atoms with Crippen LogP contribution in [0.4, 0.5) is 4.39 Å². The number of aldehydes is 1. The van der Waals surface area contributed by atoms with Crippen molar-refractivity contribution < 1.29 is 18.7 Å². The lowest BCUT2D eigenvalue weighted by Gasteiger charge is -2.07. The summed E-state index contributed by atoms with van der Waals surface area (Å²) >= 11 is 3.22. The van der Waals surface area contributed by atoms with Crippen LogP contribution in [0, 0.1) is 5.82 Å². The molecule has 0 radical (unpaired) electrons. The fraction of sp³-hybridized carbons (Fsp3) is 0. The molecule has 0 aliphatic heterocycles. The average molecular weight is 323 g/mol. The molecule has 0 aliphatic carbocycles. The number of rotatable bonds is 3. The van der Waals surface area contributed by atoms with Crippen LogP contribution < -0.4 is 4.74 Å². The van der Waals surface area contributed by atoms with Crippen molar-refractivity contribution in [3.05, 3.63) is 63.9 Å². The van der Waals surface area contributed by atoms with E-state index < -0.39 is 11.8 Å². The van der Waals surface area contributed by atoms with E-state index in [0.29, 0.717) is 10.8 Å². The summed E-state index contributed by atoms with van der Waals surface area (Å²) in [5.41, 5.74) is 0.464. The predicted molar refractivity (Wildman–Crippen MR) is 70.9 cm³/mol. The fourth-order valence-electron chi connectivity index (χ4n) is 1.45. The third-order valence-electron chi connectivity index (χ3n) is 2.38. The fourth-order valence-corrected chi connectivity index (χ4v) is 1.83. The Labute approximate surface area is 117 Å². The van der Waals surface area contributed by atoms with E-state index in [1.807, 2.05) is 0 Å². The Hall–Kier alpha value is -2.01. The number of hydrogen-bond acceptors (Lipinski definition) is 3. The summed E-state index contributed by atoms with van der Waals surface area (Å²) in [4.78, 5) is 22.7. The summed E-state index contributed by atoms with van der Waals surface area (Å²) in [6.07, 6.45) is 0.595.